The number of halogens is 2. The van der Waals surface area contributed by atoms with Crippen molar-refractivity contribution in [2.45, 2.75) is 0 Å². The van der Waals surface area contributed by atoms with Crippen LogP contribution in [0.2, 0.25) is 10.2 Å². The van der Waals surface area contributed by atoms with Gasteiger partial charge in [-0.15, -0.1) is 0 Å². The standard InChI is InChI=1S/C8H6Cl2N6O/c1-16-8(13-14-15-16)12-7(17)4-2-3-11-6(10)5(4)9/h2-3H,1H3,(H,12,13,15,17). The number of carbonyl (C=O) groups is 1. The van der Waals surface area contributed by atoms with Crippen LogP contribution in [0, 0.1) is 0 Å². The van der Waals surface area contributed by atoms with E-state index in [0.717, 1.165) is 0 Å². The zero-order valence-corrected chi connectivity index (χ0v) is 10.1. The van der Waals surface area contributed by atoms with Crippen LogP contribution in [-0.2, 0) is 7.05 Å². The van der Waals surface area contributed by atoms with Crippen molar-refractivity contribution in [3.8, 4) is 0 Å². The van der Waals surface area contributed by atoms with Crippen LogP contribution in [0.3, 0.4) is 0 Å². The van der Waals surface area contributed by atoms with Gasteiger partial charge in [0.25, 0.3) is 5.91 Å². The van der Waals surface area contributed by atoms with Gasteiger partial charge in [0.1, 0.15) is 5.15 Å². The fourth-order valence-corrected chi connectivity index (χ4v) is 1.45. The first kappa shape index (κ1) is 11.7. The molecule has 9 heteroatoms. The molecule has 2 heterocycles. The molecule has 0 bridgehead atoms. The van der Waals surface area contributed by atoms with Crippen molar-refractivity contribution in [2.24, 2.45) is 7.05 Å². The molecular weight excluding hydrogens is 267 g/mol. The van der Waals surface area contributed by atoms with Crippen molar-refractivity contribution in [3.63, 3.8) is 0 Å². The lowest BCUT2D eigenvalue weighted by Gasteiger charge is -2.05. The molecule has 17 heavy (non-hydrogen) atoms. The molecule has 0 unspecified atom stereocenters. The van der Waals surface area contributed by atoms with Crippen molar-refractivity contribution in [1.29, 1.82) is 0 Å². The van der Waals surface area contributed by atoms with Gasteiger partial charge in [-0.2, -0.15) is 0 Å². The molecule has 0 aliphatic heterocycles. The van der Waals surface area contributed by atoms with E-state index in [1.54, 1.807) is 7.05 Å². The number of carbonyl (C=O) groups excluding carboxylic acids is 1. The third kappa shape index (κ3) is 2.34. The number of nitrogens with one attached hydrogen (secondary N) is 1. The number of tetrazole rings is 1. The Labute approximate surface area is 106 Å². The Balaban J connectivity index is 2.27. The van der Waals surface area contributed by atoms with Gasteiger partial charge < -0.3 is 0 Å². The Morgan fingerprint density at radius 1 is 1.47 bits per heavy atom. The van der Waals surface area contributed by atoms with Crippen LogP contribution in [0.15, 0.2) is 12.3 Å². The fourth-order valence-electron chi connectivity index (χ4n) is 1.10. The molecule has 2 rings (SSSR count). The summed E-state index contributed by atoms with van der Waals surface area (Å²) in [7, 11) is 1.59. The van der Waals surface area contributed by atoms with Gasteiger partial charge in [0.15, 0.2) is 0 Å². The normalized spacial score (nSPS) is 10.3. The third-order valence-electron chi connectivity index (χ3n) is 1.94. The predicted molar refractivity (Wildman–Crippen MR) is 61.0 cm³/mol. The molecule has 0 saturated heterocycles. The topological polar surface area (TPSA) is 85.6 Å². The summed E-state index contributed by atoms with van der Waals surface area (Å²) in [6, 6.07) is 1.45. The molecule has 1 amide bonds. The van der Waals surface area contributed by atoms with Crippen molar-refractivity contribution in [1.82, 2.24) is 25.2 Å². The molecule has 1 N–H and O–H groups in total. The van der Waals surface area contributed by atoms with Crippen molar-refractivity contribution >= 4 is 35.1 Å². The minimum Gasteiger partial charge on any atom is -0.289 e. The number of hydrogen-bond donors (Lipinski definition) is 1. The van der Waals surface area contributed by atoms with E-state index in [2.05, 4.69) is 25.8 Å². The van der Waals surface area contributed by atoms with Gasteiger partial charge in [-0.25, -0.2) is 9.67 Å². The van der Waals surface area contributed by atoms with Gasteiger partial charge in [0, 0.05) is 13.2 Å². The first-order chi connectivity index (χ1) is 8.09. The van der Waals surface area contributed by atoms with E-state index >= 15 is 0 Å². The van der Waals surface area contributed by atoms with E-state index in [4.69, 9.17) is 23.2 Å². The maximum absolute atomic E-state index is 11.8. The second-order valence-corrected chi connectivity index (χ2v) is 3.78. The summed E-state index contributed by atoms with van der Waals surface area (Å²) < 4.78 is 1.31. The molecule has 0 aliphatic rings. The Hall–Kier alpha value is -1.73. The van der Waals surface area contributed by atoms with E-state index in [1.807, 2.05) is 0 Å². The molecule has 0 fully saturated rings. The van der Waals surface area contributed by atoms with Gasteiger partial charge in [-0.3, -0.25) is 10.1 Å². The number of aryl methyl sites for hydroxylation is 1. The number of rotatable bonds is 2. The molecule has 0 saturated carbocycles. The van der Waals surface area contributed by atoms with Crippen LogP contribution in [0.5, 0.6) is 0 Å². The van der Waals surface area contributed by atoms with Crippen LogP contribution in [0.1, 0.15) is 10.4 Å². The number of amides is 1. The SMILES string of the molecule is Cn1nnnc1NC(=O)c1ccnc(Cl)c1Cl. The second kappa shape index (κ2) is 4.64. The van der Waals surface area contributed by atoms with Gasteiger partial charge >= 0.3 is 0 Å². The number of pyridine rings is 1. The summed E-state index contributed by atoms with van der Waals surface area (Å²) in [6.45, 7) is 0. The Bertz CT molecular complexity index is 569. The first-order valence-electron chi connectivity index (χ1n) is 4.43. The Kier molecular flexibility index (Phi) is 3.21. The molecule has 2 aromatic rings. The molecule has 0 spiro atoms. The minimum atomic E-state index is -0.461. The highest BCUT2D eigenvalue weighted by molar-refractivity contribution is 6.43. The maximum Gasteiger partial charge on any atom is 0.259 e. The van der Waals surface area contributed by atoms with E-state index in [9.17, 15) is 4.79 Å². The van der Waals surface area contributed by atoms with Crippen LogP contribution in [-0.4, -0.2) is 31.1 Å². The van der Waals surface area contributed by atoms with Crippen molar-refractivity contribution in [2.75, 3.05) is 5.32 Å². The first-order valence-corrected chi connectivity index (χ1v) is 5.19. The highest BCUT2D eigenvalue weighted by Crippen LogP contribution is 2.23. The lowest BCUT2D eigenvalue weighted by molar-refractivity contribution is 0.102. The molecule has 2 aromatic heterocycles. The molecule has 0 aromatic carbocycles. The average Bonchev–Trinajstić information content (AvgIpc) is 2.68. The molecular formula is C8H6Cl2N6O. The average molecular weight is 273 g/mol. The number of aromatic nitrogens is 5. The van der Waals surface area contributed by atoms with Gasteiger partial charge in [0.05, 0.1) is 10.6 Å². The van der Waals surface area contributed by atoms with E-state index in [1.165, 1.54) is 16.9 Å². The summed E-state index contributed by atoms with van der Waals surface area (Å²) >= 11 is 11.6. The number of anilines is 1. The van der Waals surface area contributed by atoms with Crippen molar-refractivity contribution < 1.29 is 4.79 Å². The maximum atomic E-state index is 11.8. The van der Waals surface area contributed by atoms with Gasteiger partial charge in [0.2, 0.25) is 5.95 Å². The predicted octanol–water partition coefficient (Wildman–Crippen LogP) is 1.16. The number of hydrogen-bond acceptors (Lipinski definition) is 5. The van der Waals surface area contributed by atoms with E-state index in [0.29, 0.717) is 0 Å². The highest BCUT2D eigenvalue weighted by atomic mass is 35.5. The van der Waals surface area contributed by atoms with E-state index < -0.39 is 5.91 Å². The summed E-state index contributed by atoms with van der Waals surface area (Å²) in [4.78, 5) is 15.6. The van der Waals surface area contributed by atoms with Crippen LogP contribution >= 0.6 is 23.2 Å². The van der Waals surface area contributed by atoms with Crippen LogP contribution < -0.4 is 5.32 Å². The molecule has 7 nitrogen and oxygen atoms in total. The van der Waals surface area contributed by atoms with E-state index in [-0.39, 0.29) is 21.7 Å². The lowest BCUT2D eigenvalue weighted by Crippen LogP contribution is -2.16. The summed E-state index contributed by atoms with van der Waals surface area (Å²) in [6.07, 6.45) is 1.39. The molecule has 0 radical (unpaired) electrons. The lowest BCUT2D eigenvalue weighted by atomic mass is 10.2. The third-order valence-corrected chi connectivity index (χ3v) is 2.70. The number of nitrogens with zero attached hydrogens (tertiary/aromatic N) is 5. The molecule has 0 atom stereocenters. The largest absolute Gasteiger partial charge is 0.289 e. The van der Waals surface area contributed by atoms with Gasteiger partial charge in [-0.05, 0) is 16.5 Å². The molecule has 88 valence electrons. The fraction of sp³-hybridized carbons (Fsp3) is 0.125. The minimum absolute atomic E-state index is 0.0652. The highest BCUT2D eigenvalue weighted by Gasteiger charge is 2.15. The monoisotopic (exact) mass is 272 g/mol. The summed E-state index contributed by atoms with van der Waals surface area (Å²) in [5, 5.41) is 13.2. The second-order valence-electron chi connectivity index (χ2n) is 3.04. The van der Waals surface area contributed by atoms with Crippen molar-refractivity contribution in [3.05, 3.63) is 28.0 Å². The Morgan fingerprint density at radius 2 is 2.24 bits per heavy atom. The van der Waals surface area contributed by atoms with Gasteiger partial charge in [-0.1, -0.05) is 28.3 Å². The quantitative estimate of drug-likeness (QED) is 0.830. The molecule has 0 aliphatic carbocycles. The van der Waals surface area contributed by atoms with Crippen LogP contribution in [0.25, 0.3) is 0 Å². The smallest absolute Gasteiger partial charge is 0.259 e. The zero-order chi connectivity index (χ0) is 12.4. The summed E-state index contributed by atoms with van der Waals surface area (Å²) in [5.41, 5.74) is 0.203. The Morgan fingerprint density at radius 3 is 2.88 bits per heavy atom. The summed E-state index contributed by atoms with van der Waals surface area (Å²) in [5.74, 6) is -0.254. The van der Waals surface area contributed by atoms with Crippen LogP contribution in [0.4, 0.5) is 5.95 Å². The zero-order valence-electron chi connectivity index (χ0n) is 8.55.